The maximum atomic E-state index is 13.5. The van der Waals surface area contributed by atoms with Gasteiger partial charge in [-0.15, -0.1) is 0 Å². The van der Waals surface area contributed by atoms with E-state index in [2.05, 4.69) is 15.6 Å². The number of nitrogens with zero attached hydrogens (tertiary/aromatic N) is 4. The molecule has 2 aliphatic heterocycles. The van der Waals surface area contributed by atoms with Crippen molar-refractivity contribution in [1.82, 2.24) is 20.5 Å². The Morgan fingerprint density at radius 3 is 2.91 bits per heavy atom. The molecule has 0 aromatic carbocycles. The molecule has 3 atom stereocenters. The summed E-state index contributed by atoms with van der Waals surface area (Å²) in [4.78, 5) is 33.1. The number of anilines is 1. The van der Waals surface area contributed by atoms with E-state index in [0.29, 0.717) is 48.7 Å². The normalized spacial score (nSPS) is 25.0. The van der Waals surface area contributed by atoms with Gasteiger partial charge in [0.15, 0.2) is 0 Å². The van der Waals surface area contributed by atoms with E-state index in [0.717, 1.165) is 0 Å². The van der Waals surface area contributed by atoms with Gasteiger partial charge in [-0.3, -0.25) is 9.59 Å². The molecule has 3 heterocycles. The van der Waals surface area contributed by atoms with Crippen LogP contribution in [-0.4, -0.2) is 71.4 Å². The van der Waals surface area contributed by atoms with Gasteiger partial charge in [0.05, 0.1) is 24.4 Å². The van der Waals surface area contributed by atoms with Crippen LogP contribution >= 0.6 is 0 Å². The zero-order valence-corrected chi connectivity index (χ0v) is 17.5. The van der Waals surface area contributed by atoms with Crippen molar-refractivity contribution in [3.05, 3.63) is 47.3 Å². The van der Waals surface area contributed by atoms with Crippen molar-refractivity contribution in [1.29, 1.82) is 5.26 Å². The minimum atomic E-state index is -1.16. The summed E-state index contributed by atoms with van der Waals surface area (Å²) in [6, 6.07) is 5.11. The number of rotatable bonds is 5. The van der Waals surface area contributed by atoms with Crippen molar-refractivity contribution in [2.75, 3.05) is 31.1 Å². The van der Waals surface area contributed by atoms with Gasteiger partial charge in [0.1, 0.15) is 18.1 Å². The van der Waals surface area contributed by atoms with E-state index in [4.69, 9.17) is 5.26 Å². The molecule has 0 radical (unpaired) electrons. The second-order valence-electron chi connectivity index (χ2n) is 8.07. The van der Waals surface area contributed by atoms with Crippen LogP contribution in [0.1, 0.15) is 24.8 Å². The highest BCUT2D eigenvalue weighted by atomic mass is 19.1. The van der Waals surface area contributed by atoms with Gasteiger partial charge < -0.3 is 25.5 Å². The number of aliphatic hydroxyl groups excluding tert-OH is 1. The van der Waals surface area contributed by atoms with E-state index in [1.165, 1.54) is 12.3 Å². The second-order valence-corrected chi connectivity index (χ2v) is 8.07. The molecule has 168 valence electrons. The maximum absolute atomic E-state index is 13.5. The van der Waals surface area contributed by atoms with E-state index in [9.17, 15) is 19.1 Å². The molecule has 0 bridgehead atoms. The number of amides is 2. The predicted molar refractivity (Wildman–Crippen MR) is 114 cm³/mol. The number of alkyl halides is 1. The number of allylic oxidation sites excluding steroid dienone is 2. The summed E-state index contributed by atoms with van der Waals surface area (Å²) in [6.07, 6.45) is 3.55. The van der Waals surface area contributed by atoms with E-state index >= 15 is 0 Å². The van der Waals surface area contributed by atoms with E-state index in [-0.39, 0.29) is 37.3 Å². The molecule has 1 aliphatic carbocycles. The third kappa shape index (κ3) is 4.57. The quantitative estimate of drug-likeness (QED) is 0.604. The van der Waals surface area contributed by atoms with Crippen LogP contribution in [0.25, 0.3) is 0 Å². The molecular formula is C22H25FN6O3. The molecular weight excluding hydrogens is 415 g/mol. The summed E-state index contributed by atoms with van der Waals surface area (Å²) in [5.41, 5.74) is 1.48. The van der Waals surface area contributed by atoms with Crippen LogP contribution < -0.4 is 15.5 Å². The van der Waals surface area contributed by atoms with Crippen LogP contribution in [0.4, 0.5) is 10.2 Å². The lowest BCUT2D eigenvalue weighted by atomic mass is 9.97. The van der Waals surface area contributed by atoms with Crippen LogP contribution in [0.15, 0.2) is 41.8 Å². The third-order valence-corrected chi connectivity index (χ3v) is 5.97. The monoisotopic (exact) mass is 440 g/mol. The third-order valence-electron chi connectivity index (χ3n) is 5.97. The number of carbonyl (C=O) groups is 2. The number of carbonyl (C=O) groups excluding carboxylic acids is 2. The SMILES string of the molecule is N#Cc1ccc(N2CCN(C(=O)CCC3NC(=O)C4=C(C=CC(F)C4)N3)C(CO)C2)nc1. The molecule has 1 saturated heterocycles. The zero-order valence-electron chi connectivity index (χ0n) is 17.5. The highest BCUT2D eigenvalue weighted by Crippen LogP contribution is 2.24. The van der Waals surface area contributed by atoms with Crippen molar-refractivity contribution in [2.45, 2.75) is 37.6 Å². The molecule has 0 spiro atoms. The maximum Gasteiger partial charge on any atom is 0.250 e. The Morgan fingerprint density at radius 2 is 2.19 bits per heavy atom. The molecule has 3 N–H and O–H groups in total. The van der Waals surface area contributed by atoms with E-state index in [1.807, 2.05) is 11.0 Å². The van der Waals surface area contributed by atoms with Gasteiger partial charge in [0.25, 0.3) is 5.91 Å². The van der Waals surface area contributed by atoms with Gasteiger partial charge in [-0.1, -0.05) is 0 Å². The van der Waals surface area contributed by atoms with Gasteiger partial charge in [-0.2, -0.15) is 5.26 Å². The van der Waals surface area contributed by atoms with Gasteiger partial charge >= 0.3 is 0 Å². The van der Waals surface area contributed by atoms with Crippen LogP contribution in [0.5, 0.6) is 0 Å². The Balaban J connectivity index is 1.32. The molecule has 3 unspecified atom stereocenters. The lowest BCUT2D eigenvalue weighted by molar-refractivity contribution is -0.135. The van der Waals surface area contributed by atoms with Crippen LogP contribution in [0.2, 0.25) is 0 Å². The molecule has 4 rings (SSSR count). The Morgan fingerprint density at radius 1 is 1.34 bits per heavy atom. The zero-order chi connectivity index (χ0) is 22.7. The van der Waals surface area contributed by atoms with Crippen molar-refractivity contribution < 1.29 is 19.1 Å². The summed E-state index contributed by atoms with van der Waals surface area (Å²) in [7, 11) is 0. The topological polar surface area (TPSA) is 122 Å². The second kappa shape index (κ2) is 9.36. The standard InChI is InChI=1S/C22H25FN6O3/c23-15-2-3-18-17(9-15)22(32)27-19(26-18)4-6-21(31)29-8-7-28(12-16(29)13-30)20-5-1-14(10-24)11-25-20/h1-3,5,11,15-16,19,26,30H,4,6-9,12-13H2,(H,27,32). The van der Waals surface area contributed by atoms with Crippen LogP contribution in [0, 0.1) is 11.3 Å². The van der Waals surface area contributed by atoms with Gasteiger partial charge in [0, 0.05) is 49.9 Å². The largest absolute Gasteiger partial charge is 0.394 e. The fraction of sp³-hybridized carbons (Fsp3) is 0.455. The average Bonchev–Trinajstić information content (AvgIpc) is 2.82. The molecule has 2 amide bonds. The summed E-state index contributed by atoms with van der Waals surface area (Å²) >= 11 is 0. The summed E-state index contributed by atoms with van der Waals surface area (Å²) < 4.78 is 13.5. The Bertz CT molecular complexity index is 986. The Labute approximate surface area is 185 Å². The minimum Gasteiger partial charge on any atom is -0.394 e. The van der Waals surface area contributed by atoms with Crippen molar-refractivity contribution >= 4 is 17.6 Å². The van der Waals surface area contributed by atoms with Crippen molar-refractivity contribution in [3.63, 3.8) is 0 Å². The molecule has 3 aliphatic rings. The van der Waals surface area contributed by atoms with Gasteiger partial charge in [-0.25, -0.2) is 9.37 Å². The average molecular weight is 440 g/mol. The number of hydrogen-bond acceptors (Lipinski definition) is 7. The number of aromatic nitrogens is 1. The predicted octanol–water partition coefficient (Wildman–Crippen LogP) is 0.341. The molecule has 1 fully saturated rings. The first-order valence-electron chi connectivity index (χ1n) is 10.6. The fourth-order valence-corrected chi connectivity index (χ4v) is 4.24. The number of nitrogens with one attached hydrogen (secondary N) is 2. The minimum absolute atomic E-state index is 0.0485. The number of halogens is 1. The molecule has 1 aromatic heterocycles. The number of piperazine rings is 1. The summed E-state index contributed by atoms with van der Waals surface area (Å²) in [5, 5.41) is 24.7. The number of hydrogen-bond donors (Lipinski definition) is 3. The van der Waals surface area contributed by atoms with Crippen LogP contribution in [-0.2, 0) is 9.59 Å². The lowest BCUT2D eigenvalue weighted by Gasteiger charge is -2.41. The van der Waals surface area contributed by atoms with Gasteiger partial charge in [-0.05, 0) is 30.7 Å². The summed E-state index contributed by atoms with van der Waals surface area (Å²) in [5.74, 6) is 0.291. The highest BCUT2D eigenvalue weighted by molar-refractivity contribution is 5.96. The first kappa shape index (κ1) is 21.8. The fourth-order valence-electron chi connectivity index (χ4n) is 4.24. The number of nitriles is 1. The Kier molecular flexibility index (Phi) is 6.37. The molecule has 9 nitrogen and oxygen atoms in total. The molecule has 0 saturated carbocycles. The van der Waals surface area contributed by atoms with Crippen molar-refractivity contribution in [3.8, 4) is 6.07 Å². The molecule has 32 heavy (non-hydrogen) atoms. The molecule has 10 heteroatoms. The number of aliphatic hydroxyl groups is 1. The van der Waals surface area contributed by atoms with Crippen LogP contribution in [0.3, 0.4) is 0 Å². The van der Waals surface area contributed by atoms with Crippen molar-refractivity contribution in [2.24, 2.45) is 0 Å². The first-order chi connectivity index (χ1) is 15.5. The van der Waals surface area contributed by atoms with E-state index in [1.54, 1.807) is 23.1 Å². The highest BCUT2D eigenvalue weighted by Gasteiger charge is 2.32. The summed E-state index contributed by atoms with van der Waals surface area (Å²) in [6.45, 7) is 1.25. The van der Waals surface area contributed by atoms with Gasteiger partial charge in [0.2, 0.25) is 5.91 Å². The smallest absolute Gasteiger partial charge is 0.250 e. The first-order valence-corrected chi connectivity index (χ1v) is 10.6. The lowest BCUT2D eigenvalue weighted by Crippen LogP contribution is -2.57. The van der Waals surface area contributed by atoms with E-state index < -0.39 is 12.3 Å². The number of pyridine rings is 1. The Hall–Kier alpha value is -3.45. The molecule has 1 aromatic rings.